The van der Waals surface area contributed by atoms with Gasteiger partial charge >= 0.3 is 5.97 Å². The molecule has 0 aliphatic heterocycles. The molecule has 0 aromatic heterocycles. The first kappa shape index (κ1) is 15.8. The third kappa shape index (κ3) is 7.70. The summed E-state index contributed by atoms with van der Waals surface area (Å²) in [4.78, 5) is 11.0. The molecule has 0 unspecified atom stereocenters. The van der Waals surface area contributed by atoms with Crippen LogP contribution in [0.3, 0.4) is 0 Å². The number of rotatable bonds is 9. The lowest BCUT2D eigenvalue weighted by Gasteiger charge is -2.07. The Morgan fingerprint density at radius 1 is 1.26 bits per heavy atom. The summed E-state index contributed by atoms with van der Waals surface area (Å²) in [6.45, 7) is 4.33. The van der Waals surface area contributed by atoms with E-state index in [0.717, 1.165) is 18.7 Å². The number of ether oxygens (including phenoxy) is 2. The van der Waals surface area contributed by atoms with Gasteiger partial charge in [-0.1, -0.05) is 11.6 Å². The summed E-state index contributed by atoms with van der Waals surface area (Å²) < 4.78 is 10.4. The van der Waals surface area contributed by atoms with E-state index in [-0.39, 0.29) is 5.97 Å². The highest BCUT2D eigenvalue weighted by molar-refractivity contribution is 6.30. The van der Waals surface area contributed by atoms with Gasteiger partial charge < -0.3 is 14.8 Å². The Morgan fingerprint density at radius 2 is 2.00 bits per heavy atom. The van der Waals surface area contributed by atoms with Gasteiger partial charge in [0.2, 0.25) is 0 Å². The van der Waals surface area contributed by atoms with Crippen LogP contribution >= 0.6 is 11.6 Å². The van der Waals surface area contributed by atoms with Crippen LogP contribution in [0.4, 0.5) is 0 Å². The van der Waals surface area contributed by atoms with Crippen LogP contribution in [0.2, 0.25) is 5.02 Å². The van der Waals surface area contributed by atoms with Crippen LogP contribution in [0.25, 0.3) is 0 Å². The van der Waals surface area contributed by atoms with E-state index in [4.69, 9.17) is 21.1 Å². The van der Waals surface area contributed by atoms with Crippen LogP contribution in [0.15, 0.2) is 24.3 Å². The van der Waals surface area contributed by atoms with Crippen molar-refractivity contribution in [2.45, 2.75) is 19.8 Å². The minimum atomic E-state index is -0.160. The number of halogens is 1. The number of esters is 1. The van der Waals surface area contributed by atoms with Gasteiger partial charge in [-0.05, 0) is 44.2 Å². The molecule has 0 atom stereocenters. The van der Waals surface area contributed by atoms with E-state index in [1.54, 1.807) is 19.1 Å². The number of nitrogens with one attached hydrogen (secondary N) is 1. The zero-order chi connectivity index (χ0) is 13.9. The Labute approximate surface area is 119 Å². The predicted molar refractivity (Wildman–Crippen MR) is 75.7 cm³/mol. The molecule has 4 nitrogen and oxygen atoms in total. The summed E-state index contributed by atoms with van der Waals surface area (Å²) in [6.07, 6.45) is 1.29. The summed E-state index contributed by atoms with van der Waals surface area (Å²) in [6, 6.07) is 7.29. The fourth-order valence-electron chi connectivity index (χ4n) is 1.47. The molecule has 0 fully saturated rings. The second-order valence-corrected chi connectivity index (χ2v) is 4.40. The van der Waals surface area contributed by atoms with Crippen molar-refractivity contribution in [3.8, 4) is 5.75 Å². The average molecular weight is 286 g/mol. The van der Waals surface area contributed by atoms with Crippen LogP contribution in [0.5, 0.6) is 5.75 Å². The SMILES string of the molecule is CCOC(=O)CCNCCCOc1ccc(Cl)cc1. The van der Waals surface area contributed by atoms with Gasteiger partial charge in [-0.25, -0.2) is 0 Å². The van der Waals surface area contributed by atoms with E-state index in [2.05, 4.69) is 5.32 Å². The Hall–Kier alpha value is -1.26. The number of hydrogen-bond acceptors (Lipinski definition) is 4. The van der Waals surface area contributed by atoms with Crippen LogP contribution in [0, 0.1) is 0 Å². The predicted octanol–water partition coefficient (Wildman–Crippen LogP) is 2.65. The van der Waals surface area contributed by atoms with Crippen LogP contribution in [-0.2, 0) is 9.53 Å². The van der Waals surface area contributed by atoms with E-state index in [9.17, 15) is 4.79 Å². The van der Waals surface area contributed by atoms with Crippen molar-refractivity contribution in [2.24, 2.45) is 0 Å². The average Bonchev–Trinajstić information content (AvgIpc) is 2.40. The maximum absolute atomic E-state index is 11.0. The summed E-state index contributed by atoms with van der Waals surface area (Å²) >= 11 is 5.77. The van der Waals surface area contributed by atoms with Crippen molar-refractivity contribution in [3.63, 3.8) is 0 Å². The second kappa shape index (κ2) is 9.64. The molecule has 0 heterocycles. The first-order chi connectivity index (χ1) is 9.22. The van der Waals surface area contributed by atoms with Gasteiger partial charge in [0.05, 0.1) is 19.6 Å². The Morgan fingerprint density at radius 3 is 2.68 bits per heavy atom. The van der Waals surface area contributed by atoms with Gasteiger partial charge in [-0.3, -0.25) is 4.79 Å². The fourth-order valence-corrected chi connectivity index (χ4v) is 1.59. The van der Waals surface area contributed by atoms with Gasteiger partial charge in [-0.2, -0.15) is 0 Å². The number of carbonyl (C=O) groups excluding carboxylic acids is 1. The van der Waals surface area contributed by atoms with Gasteiger partial charge in [-0.15, -0.1) is 0 Å². The number of hydrogen-bond donors (Lipinski definition) is 1. The third-order valence-corrected chi connectivity index (χ3v) is 2.64. The first-order valence-electron chi connectivity index (χ1n) is 6.47. The molecule has 106 valence electrons. The van der Waals surface area contributed by atoms with Crippen LogP contribution in [0.1, 0.15) is 19.8 Å². The Bertz CT molecular complexity index is 367. The molecule has 1 aromatic rings. The minimum Gasteiger partial charge on any atom is -0.494 e. The van der Waals surface area contributed by atoms with Gasteiger partial charge in [0.15, 0.2) is 0 Å². The molecule has 0 aliphatic rings. The molecule has 0 saturated carbocycles. The number of benzene rings is 1. The molecule has 1 aromatic carbocycles. The lowest BCUT2D eigenvalue weighted by atomic mass is 10.3. The van der Waals surface area contributed by atoms with Gasteiger partial charge in [0, 0.05) is 11.6 Å². The van der Waals surface area contributed by atoms with Crippen molar-refractivity contribution in [1.29, 1.82) is 0 Å². The van der Waals surface area contributed by atoms with Crippen molar-refractivity contribution in [3.05, 3.63) is 29.3 Å². The Kier molecular flexibility index (Phi) is 8.02. The minimum absolute atomic E-state index is 0.160. The first-order valence-corrected chi connectivity index (χ1v) is 6.85. The van der Waals surface area contributed by atoms with E-state index in [0.29, 0.717) is 31.2 Å². The van der Waals surface area contributed by atoms with Crippen molar-refractivity contribution in [2.75, 3.05) is 26.3 Å². The van der Waals surface area contributed by atoms with Crippen LogP contribution < -0.4 is 10.1 Å². The maximum atomic E-state index is 11.0. The van der Waals surface area contributed by atoms with Gasteiger partial charge in [0.25, 0.3) is 0 Å². The topological polar surface area (TPSA) is 47.6 Å². The molecular formula is C14H20ClNO3. The van der Waals surface area contributed by atoms with Crippen LogP contribution in [-0.4, -0.2) is 32.3 Å². The standard InChI is InChI=1S/C14H20ClNO3/c1-2-18-14(17)8-10-16-9-3-11-19-13-6-4-12(15)5-7-13/h4-7,16H,2-3,8-11H2,1H3. The highest BCUT2D eigenvalue weighted by atomic mass is 35.5. The van der Waals surface area contributed by atoms with E-state index in [1.807, 2.05) is 12.1 Å². The lowest BCUT2D eigenvalue weighted by molar-refractivity contribution is -0.142. The monoisotopic (exact) mass is 285 g/mol. The molecule has 0 saturated heterocycles. The molecule has 0 aliphatic carbocycles. The smallest absolute Gasteiger partial charge is 0.307 e. The zero-order valence-electron chi connectivity index (χ0n) is 11.2. The summed E-state index contributed by atoms with van der Waals surface area (Å²) in [5.74, 6) is 0.656. The molecule has 5 heteroatoms. The third-order valence-electron chi connectivity index (χ3n) is 2.39. The maximum Gasteiger partial charge on any atom is 0.307 e. The lowest BCUT2D eigenvalue weighted by Crippen LogP contribution is -2.21. The fraction of sp³-hybridized carbons (Fsp3) is 0.500. The number of carbonyl (C=O) groups is 1. The molecule has 1 N–H and O–H groups in total. The van der Waals surface area contributed by atoms with Crippen molar-refractivity contribution >= 4 is 17.6 Å². The quantitative estimate of drug-likeness (QED) is 0.560. The van der Waals surface area contributed by atoms with E-state index in [1.165, 1.54) is 0 Å². The van der Waals surface area contributed by atoms with Crippen molar-refractivity contribution in [1.82, 2.24) is 5.32 Å². The summed E-state index contributed by atoms with van der Waals surface area (Å²) in [5, 5.41) is 3.87. The highest BCUT2D eigenvalue weighted by Crippen LogP contribution is 2.15. The second-order valence-electron chi connectivity index (χ2n) is 3.96. The largest absolute Gasteiger partial charge is 0.494 e. The molecule has 0 radical (unpaired) electrons. The highest BCUT2D eigenvalue weighted by Gasteiger charge is 2.00. The van der Waals surface area contributed by atoms with Gasteiger partial charge in [0.1, 0.15) is 5.75 Å². The molecule has 0 spiro atoms. The summed E-state index contributed by atoms with van der Waals surface area (Å²) in [7, 11) is 0. The molecule has 0 bridgehead atoms. The van der Waals surface area contributed by atoms with Crippen molar-refractivity contribution < 1.29 is 14.3 Å². The molecular weight excluding hydrogens is 266 g/mol. The normalized spacial score (nSPS) is 10.2. The van der Waals surface area contributed by atoms with E-state index < -0.39 is 0 Å². The molecule has 0 amide bonds. The summed E-state index contributed by atoms with van der Waals surface area (Å²) in [5.41, 5.74) is 0. The van der Waals surface area contributed by atoms with E-state index >= 15 is 0 Å². The zero-order valence-corrected chi connectivity index (χ0v) is 11.9. The molecule has 19 heavy (non-hydrogen) atoms. The molecule has 1 rings (SSSR count). The Balaban J connectivity index is 1.96.